The molecule has 0 aliphatic heterocycles. The van der Waals surface area contributed by atoms with Crippen molar-refractivity contribution in [3.05, 3.63) is 35.4 Å². The Bertz CT molecular complexity index is 417. The minimum absolute atomic E-state index is 0.125. The van der Waals surface area contributed by atoms with Crippen molar-refractivity contribution in [2.45, 2.75) is 6.10 Å². The van der Waals surface area contributed by atoms with E-state index in [1.54, 1.807) is 0 Å². The van der Waals surface area contributed by atoms with E-state index in [0.717, 1.165) is 12.1 Å². The summed E-state index contributed by atoms with van der Waals surface area (Å²) in [5.41, 5.74) is -0.125. The third kappa shape index (κ3) is 3.04. The monoisotopic (exact) mass is 226 g/mol. The molecule has 1 unspecified atom stereocenters. The molecule has 1 aromatic rings. The van der Waals surface area contributed by atoms with E-state index in [2.05, 4.69) is 5.92 Å². The summed E-state index contributed by atoms with van der Waals surface area (Å²) < 4.78 is 30.5. The minimum atomic E-state index is -1.47. The summed E-state index contributed by atoms with van der Waals surface area (Å²) in [5.74, 6) is -1.02. The Morgan fingerprint density at radius 2 is 2.00 bits per heavy atom. The maximum absolute atomic E-state index is 12.8. The second-order valence-corrected chi connectivity index (χ2v) is 2.94. The number of ether oxygens (including phenoxy) is 1. The van der Waals surface area contributed by atoms with Crippen LogP contribution in [0.4, 0.5) is 8.78 Å². The van der Waals surface area contributed by atoms with Crippen LogP contribution in [0.3, 0.4) is 0 Å². The van der Waals surface area contributed by atoms with Gasteiger partial charge in [0.05, 0.1) is 0 Å². The quantitative estimate of drug-likeness (QED) is 0.795. The first kappa shape index (κ1) is 12.1. The van der Waals surface area contributed by atoms with Gasteiger partial charge in [0.25, 0.3) is 0 Å². The first-order valence-electron chi connectivity index (χ1n) is 4.28. The summed E-state index contributed by atoms with van der Waals surface area (Å²) >= 11 is 0. The molecule has 1 rings (SSSR count). The number of hydrogen-bond acceptors (Lipinski definition) is 2. The van der Waals surface area contributed by atoms with Gasteiger partial charge in [-0.1, -0.05) is 5.92 Å². The average Bonchev–Trinajstić information content (AvgIpc) is 2.16. The fourth-order valence-corrected chi connectivity index (χ4v) is 1.17. The fourth-order valence-electron chi connectivity index (χ4n) is 1.17. The molecule has 0 amide bonds. The van der Waals surface area contributed by atoms with Crippen molar-refractivity contribution >= 4 is 5.97 Å². The topological polar surface area (TPSA) is 46.5 Å². The molecule has 0 bridgehead atoms. The standard InChI is InChI=1S/C11H8F2O3/c1-2-3-16-10(11(14)15)7-4-8(12)6-9(13)5-7/h1,4-6,10H,3H2,(H,14,15). The SMILES string of the molecule is C#CCOC(C(=O)O)c1cc(F)cc(F)c1. The van der Waals surface area contributed by atoms with Gasteiger partial charge in [-0.15, -0.1) is 6.42 Å². The molecule has 0 spiro atoms. The van der Waals surface area contributed by atoms with E-state index < -0.39 is 23.7 Å². The first-order chi connectivity index (χ1) is 7.54. The Kier molecular flexibility index (Phi) is 3.97. The molecule has 0 radical (unpaired) electrons. The predicted molar refractivity (Wildman–Crippen MR) is 51.5 cm³/mol. The third-order valence-electron chi connectivity index (χ3n) is 1.75. The lowest BCUT2D eigenvalue weighted by Crippen LogP contribution is -2.16. The highest BCUT2D eigenvalue weighted by atomic mass is 19.1. The number of carbonyl (C=O) groups is 1. The molecule has 0 aromatic heterocycles. The Morgan fingerprint density at radius 3 is 2.44 bits per heavy atom. The highest BCUT2D eigenvalue weighted by molar-refractivity contribution is 5.74. The summed E-state index contributed by atoms with van der Waals surface area (Å²) in [4.78, 5) is 10.8. The summed E-state index contributed by atoms with van der Waals surface area (Å²) in [5, 5.41) is 8.80. The Labute approximate surface area is 90.7 Å². The number of halogens is 2. The van der Waals surface area contributed by atoms with Crippen LogP contribution in [0.1, 0.15) is 11.7 Å². The lowest BCUT2D eigenvalue weighted by molar-refractivity contribution is -0.149. The van der Waals surface area contributed by atoms with E-state index in [4.69, 9.17) is 16.3 Å². The Balaban J connectivity index is 3.01. The minimum Gasteiger partial charge on any atom is -0.479 e. The molecule has 0 saturated heterocycles. The van der Waals surface area contributed by atoms with E-state index in [0.29, 0.717) is 6.07 Å². The molecule has 0 heterocycles. The third-order valence-corrected chi connectivity index (χ3v) is 1.75. The summed E-state index contributed by atoms with van der Waals surface area (Å²) in [6.07, 6.45) is 3.43. The lowest BCUT2D eigenvalue weighted by atomic mass is 10.1. The smallest absolute Gasteiger partial charge is 0.337 e. The van der Waals surface area contributed by atoms with E-state index in [1.165, 1.54) is 0 Å². The summed E-state index contributed by atoms with van der Waals surface area (Å²) in [6, 6.07) is 2.42. The zero-order chi connectivity index (χ0) is 12.1. The zero-order valence-corrected chi connectivity index (χ0v) is 8.11. The predicted octanol–water partition coefficient (Wildman–Crippen LogP) is 1.74. The van der Waals surface area contributed by atoms with Crippen molar-refractivity contribution in [1.29, 1.82) is 0 Å². The number of terminal acetylenes is 1. The number of carboxylic acids is 1. The van der Waals surface area contributed by atoms with Gasteiger partial charge in [0.2, 0.25) is 0 Å². The Hall–Kier alpha value is -1.93. The van der Waals surface area contributed by atoms with Crippen LogP contribution in [0.2, 0.25) is 0 Å². The molecule has 3 nitrogen and oxygen atoms in total. The van der Waals surface area contributed by atoms with Gasteiger partial charge < -0.3 is 9.84 Å². The fraction of sp³-hybridized carbons (Fsp3) is 0.182. The molecule has 1 N–H and O–H groups in total. The average molecular weight is 226 g/mol. The van der Waals surface area contributed by atoms with Gasteiger partial charge >= 0.3 is 5.97 Å². The second-order valence-electron chi connectivity index (χ2n) is 2.94. The number of hydrogen-bond donors (Lipinski definition) is 1. The van der Waals surface area contributed by atoms with Crippen molar-refractivity contribution in [1.82, 2.24) is 0 Å². The van der Waals surface area contributed by atoms with Crippen molar-refractivity contribution in [2.24, 2.45) is 0 Å². The van der Waals surface area contributed by atoms with Gasteiger partial charge in [0.1, 0.15) is 18.2 Å². The molecular formula is C11H8F2O3. The first-order valence-corrected chi connectivity index (χ1v) is 4.28. The van der Waals surface area contributed by atoms with Gasteiger partial charge in [-0.25, -0.2) is 13.6 Å². The van der Waals surface area contributed by atoms with Crippen molar-refractivity contribution in [3.63, 3.8) is 0 Å². The van der Waals surface area contributed by atoms with Crippen LogP contribution in [0.5, 0.6) is 0 Å². The second kappa shape index (κ2) is 5.24. The van der Waals surface area contributed by atoms with E-state index >= 15 is 0 Å². The molecule has 0 saturated carbocycles. The molecule has 0 aliphatic rings. The van der Waals surface area contributed by atoms with E-state index in [-0.39, 0.29) is 12.2 Å². The molecule has 0 fully saturated rings. The molecular weight excluding hydrogens is 218 g/mol. The molecule has 1 atom stereocenters. The number of rotatable bonds is 4. The highest BCUT2D eigenvalue weighted by Crippen LogP contribution is 2.20. The molecule has 5 heteroatoms. The van der Waals surface area contributed by atoms with Gasteiger partial charge in [-0.2, -0.15) is 0 Å². The van der Waals surface area contributed by atoms with Crippen LogP contribution in [0.15, 0.2) is 18.2 Å². The van der Waals surface area contributed by atoms with E-state index in [1.807, 2.05) is 0 Å². The van der Waals surface area contributed by atoms with Crippen molar-refractivity contribution < 1.29 is 23.4 Å². The lowest BCUT2D eigenvalue weighted by Gasteiger charge is -2.12. The normalized spacial score (nSPS) is 11.8. The summed E-state index contributed by atoms with van der Waals surface area (Å²) in [6.45, 7) is -0.255. The molecule has 0 aliphatic carbocycles. The zero-order valence-electron chi connectivity index (χ0n) is 8.11. The number of aliphatic carboxylic acids is 1. The number of carboxylic acid groups (broad SMARTS) is 1. The van der Waals surface area contributed by atoms with Crippen LogP contribution >= 0.6 is 0 Å². The Morgan fingerprint density at radius 1 is 1.44 bits per heavy atom. The largest absolute Gasteiger partial charge is 0.479 e. The van der Waals surface area contributed by atoms with Gasteiger partial charge in [-0.3, -0.25) is 0 Å². The maximum Gasteiger partial charge on any atom is 0.337 e. The maximum atomic E-state index is 12.8. The highest BCUT2D eigenvalue weighted by Gasteiger charge is 2.21. The van der Waals surface area contributed by atoms with Crippen molar-refractivity contribution in [2.75, 3.05) is 6.61 Å². The molecule has 84 valence electrons. The van der Waals surface area contributed by atoms with Gasteiger partial charge in [0.15, 0.2) is 6.10 Å². The van der Waals surface area contributed by atoms with Gasteiger partial charge in [-0.05, 0) is 17.7 Å². The molecule has 1 aromatic carbocycles. The van der Waals surface area contributed by atoms with Crippen LogP contribution in [-0.4, -0.2) is 17.7 Å². The summed E-state index contributed by atoms with van der Waals surface area (Å²) in [7, 11) is 0. The van der Waals surface area contributed by atoms with Crippen LogP contribution in [0, 0.1) is 24.0 Å². The number of benzene rings is 1. The van der Waals surface area contributed by atoms with Crippen LogP contribution in [0.25, 0.3) is 0 Å². The van der Waals surface area contributed by atoms with Crippen LogP contribution < -0.4 is 0 Å². The van der Waals surface area contributed by atoms with Gasteiger partial charge in [0, 0.05) is 6.07 Å². The van der Waals surface area contributed by atoms with Crippen molar-refractivity contribution in [3.8, 4) is 12.3 Å². The van der Waals surface area contributed by atoms with Crippen LogP contribution in [-0.2, 0) is 9.53 Å². The van der Waals surface area contributed by atoms with E-state index in [9.17, 15) is 13.6 Å². The molecule has 16 heavy (non-hydrogen) atoms.